The van der Waals surface area contributed by atoms with Crippen molar-refractivity contribution in [2.75, 3.05) is 18.4 Å². The monoisotopic (exact) mass is 261 g/mol. The topological polar surface area (TPSA) is 58.4 Å². The predicted molar refractivity (Wildman–Crippen MR) is 78.1 cm³/mol. The zero-order chi connectivity index (χ0) is 13.8. The van der Waals surface area contributed by atoms with Crippen LogP contribution in [0.2, 0.25) is 0 Å². The largest absolute Gasteiger partial charge is 0.328 e. The van der Waals surface area contributed by atoms with E-state index in [1.807, 2.05) is 31.2 Å². The van der Waals surface area contributed by atoms with Crippen molar-refractivity contribution in [1.29, 1.82) is 0 Å². The molecule has 2 rings (SSSR count). The highest BCUT2D eigenvalue weighted by Gasteiger charge is 2.24. The third kappa shape index (κ3) is 4.04. The lowest BCUT2D eigenvalue weighted by Crippen LogP contribution is -2.48. The maximum absolute atomic E-state index is 12.0. The summed E-state index contributed by atoms with van der Waals surface area (Å²) in [6.45, 7) is 5.51. The molecular formula is C15H23N3O. The van der Waals surface area contributed by atoms with Crippen molar-refractivity contribution in [1.82, 2.24) is 4.90 Å². The number of hydrogen-bond donors (Lipinski definition) is 2. The van der Waals surface area contributed by atoms with Crippen LogP contribution in [0.1, 0.15) is 25.3 Å². The molecule has 0 aliphatic carbocycles. The SMILES string of the molecule is Cc1cccc(NC(=O)CN2CCC(N)CC2C)c1. The number of rotatable bonds is 3. The van der Waals surface area contributed by atoms with E-state index in [4.69, 9.17) is 5.73 Å². The Balaban J connectivity index is 1.87. The third-order valence-electron chi connectivity index (χ3n) is 3.70. The second-order valence-electron chi connectivity index (χ2n) is 5.52. The highest BCUT2D eigenvalue weighted by Crippen LogP contribution is 2.16. The zero-order valence-electron chi connectivity index (χ0n) is 11.7. The number of hydrogen-bond acceptors (Lipinski definition) is 3. The number of carbonyl (C=O) groups is 1. The lowest BCUT2D eigenvalue weighted by Gasteiger charge is -2.35. The van der Waals surface area contributed by atoms with Crippen LogP contribution in [0.4, 0.5) is 5.69 Å². The molecule has 0 aromatic heterocycles. The van der Waals surface area contributed by atoms with E-state index < -0.39 is 0 Å². The molecule has 1 aromatic carbocycles. The minimum atomic E-state index is 0.0490. The van der Waals surface area contributed by atoms with Gasteiger partial charge in [-0.15, -0.1) is 0 Å². The molecule has 1 aromatic rings. The molecule has 1 saturated heterocycles. The number of carbonyl (C=O) groups excluding carboxylic acids is 1. The normalized spacial score (nSPS) is 24.2. The Hall–Kier alpha value is -1.39. The van der Waals surface area contributed by atoms with E-state index in [1.165, 1.54) is 0 Å². The van der Waals surface area contributed by atoms with E-state index in [0.29, 0.717) is 12.6 Å². The Morgan fingerprint density at radius 2 is 2.32 bits per heavy atom. The number of likely N-dealkylation sites (tertiary alicyclic amines) is 1. The summed E-state index contributed by atoms with van der Waals surface area (Å²) in [6, 6.07) is 8.53. The first kappa shape index (κ1) is 14.0. The molecule has 2 atom stereocenters. The highest BCUT2D eigenvalue weighted by molar-refractivity contribution is 5.92. The Morgan fingerprint density at radius 1 is 1.53 bits per heavy atom. The van der Waals surface area contributed by atoms with Gasteiger partial charge in [-0.2, -0.15) is 0 Å². The Morgan fingerprint density at radius 3 is 3.00 bits per heavy atom. The first-order chi connectivity index (χ1) is 9.04. The smallest absolute Gasteiger partial charge is 0.238 e. The van der Waals surface area contributed by atoms with E-state index in [1.54, 1.807) is 0 Å². The summed E-state index contributed by atoms with van der Waals surface area (Å²) in [5.41, 5.74) is 7.95. The van der Waals surface area contributed by atoms with Gasteiger partial charge in [0.1, 0.15) is 0 Å². The lowest BCUT2D eigenvalue weighted by molar-refractivity contribution is -0.118. The number of piperidine rings is 1. The highest BCUT2D eigenvalue weighted by atomic mass is 16.2. The average molecular weight is 261 g/mol. The van der Waals surface area contributed by atoms with E-state index in [-0.39, 0.29) is 11.9 Å². The molecule has 0 bridgehead atoms. The van der Waals surface area contributed by atoms with Crippen LogP contribution in [-0.4, -0.2) is 36.0 Å². The van der Waals surface area contributed by atoms with Crippen molar-refractivity contribution < 1.29 is 4.79 Å². The summed E-state index contributed by atoms with van der Waals surface area (Å²) in [4.78, 5) is 14.2. The summed E-state index contributed by atoms with van der Waals surface area (Å²) in [7, 11) is 0. The van der Waals surface area contributed by atoms with Gasteiger partial charge in [0.2, 0.25) is 5.91 Å². The summed E-state index contributed by atoms with van der Waals surface area (Å²) in [6.07, 6.45) is 1.94. The fraction of sp³-hybridized carbons (Fsp3) is 0.533. The fourth-order valence-electron chi connectivity index (χ4n) is 2.60. The van der Waals surface area contributed by atoms with Gasteiger partial charge >= 0.3 is 0 Å². The molecule has 3 N–H and O–H groups in total. The maximum Gasteiger partial charge on any atom is 0.238 e. The van der Waals surface area contributed by atoms with Gasteiger partial charge in [-0.25, -0.2) is 0 Å². The molecule has 0 radical (unpaired) electrons. The van der Waals surface area contributed by atoms with Gasteiger partial charge in [0, 0.05) is 24.3 Å². The first-order valence-electron chi connectivity index (χ1n) is 6.91. The molecule has 0 saturated carbocycles. The molecule has 1 amide bonds. The molecule has 104 valence electrons. The van der Waals surface area contributed by atoms with Crippen molar-refractivity contribution in [3.05, 3.63) is 29.8 Å². The molecule has 1 fully saturated rings. The van der Waals surface area contributed by atoms with Crippen molar-refractivity contribution in [2.24, 2.45) is 5.73 Å². The summed E-state index contributed by atoms with van der Waals surface area (Å²) < 4.78 is 0. The number of benzene rings is 1. The summed E-state index contributed by atoms with van der Waals surface area (Å²) >= 11 is 0. The van der Waals surface area contributed by atoms with Crippen LogP contribution in [0.25, 0.3) is 0 Å². The minimum Gasteiger partial charge on any atom is -0.328 e. The maximum atomic E-state index is 12.0. The van der Waals surface area contributed by atoms with E-state index >= 15 is 0 Å². The van der Waals surface area contributed by atoms with Crippen LogP contribution in [0, 0.1) is 6.92 Å². The van der Waals surface area contributed by atoms with E-state index in [9.17, 15) is 4.79 Å². The Bertz CT molecular complexity index is 447. The number of nitrogens with one attached hydrogen (secondary N) is 1. The molecular weight excluding hydrogens is 238 g/mol. The van der Waals surface area contributed by atoms with Crippen molar-refractivity contribution in [3.8, 4) is 0 Å². The first-order valence-corrected chi connectivity index (χ1v) is 6.91. The van der Waals surface area contributed by atoms with Gasteiger partial charge in [0.15, 0.2) is 0 Å². The summed E-state index contributed by atoms with van der Waals surface area (Å²) in [5, 5.41) is 2.95. The minimum absolute atomic E-state index is 0.0490. The van der Waals surface area contributed by atoms with E-state index in [2.05, 4.69) is 17.1 Å². The zero-order valence-corrected chi connectivity index (χ0v) is 11.7. The predicted octanol–water partition coefficient (Wildman–Crippen LogP) is 1.75. The summed E-state index contributed by atoms with van der Waals surface area (Å²) in [5.74, 6) is 0.0490. The average Bonchev–Trinajstić information content (AvgIpc) is 2.33. The molecule has 19 heavy (non-hydrogen) atoms. The lowest BCUT2D eigenvalue weighted by atomic mass is 9.99. The van der Waals surface area contributed by atoms with Crippen LogP contribution >= 0.6 is 0 Å². The van der Waals surface area contributed by atoms with Gasteiger partial charge in [-0.1, -0.05) is 12.1 Å². The second kappa shape index (κ2) is 6.17. The second-order valence-corrected chi connectivity index (χ2v) is 5.52. The standard InChI is InChI=1S/C15H23N3O/c1-11-4-3-5-14(8-11)17-15(19)10-18-7-6-13(16)9-12(18)2/h3-5,8,12-13H,6-7,9-10,16H2,1-2H3,(H,17,19). The number of aryl methyl sites for hydroxylation is 1. The van der Waals surface area contributed by atoms with Gasteiger partial charge < -0.3 is 11.1 Å². The van der Waals surface area contributed by atoms with Crippen LogP contribution < -0.4 is 11.1 Å². The number of nitrogens with zero attached hydrogens (tertiary/aromatic N) is 1. The quantitative estimate of drug-likeness (QED) is 0.871. The molecule has 0 spiro atoms. The van der Waals surface area contributed by atoms with E-state index in [0.717, 1.165) is 30.6 Å². The number of anilines is 1. The van der Waals surface area contributed by atoms with Gasteiger partial charge in [0.25, 0.3) is 0 Å². The molecule has 1 aliphatic rings. The number of amides is 1. The van der Waals surface area contributed by atoms with Crippen LogP contribution in [0.3, 0.4) is 0 Å². The molecule has 4 nitrogen and oxygen atoms in total. The Kier molecular flexibility index (Phi) is 4.56. The van der Waals surface area contributed by atoms with Crippen molar-refractivity contribution in [3.63, 3.8) is 0 Å². The van der Waals surface area contributed by atoms with Gasteiger partial charge in [-0.05, 0) is 44.4 Å². The molecule has 2 unspecified atom stereocenters. The number of nitrogens with two attached hydrogens (primary N) is 1. The van der Waals surface area contributed by atoms with Crippen LogP contribution in [-0.2, 0) is 4.79 Å². The molecule has 1 aliphatic heterocycles. The molecule has 4 heteroatoms. The fourth-order valence-corrected chi connectivity index (χ4v) is 2.60. The third-order valence-corrected chi connectivity index (χ3v) is 3.70. The Labute approximate surface area is 115 Å². The van der Waals surface area contributed by atoms with Crippen molar-refractivity contribution >= 4 is 11.6 Å². The van der Waals surface area contributed by atoms with Gasteiger partial charge in [-0.3, -0.25) is 9.69 Å². The van der Waals surface area contributed by atoms with Gasteiger partial charge in [0.05, 0.1) is 6.54 Å². The van der Waals surface area contributed by atoms with Crippen LogP contribution in [0.5, 0.6) is 0 Å². The van der Waals surface area contributed by atoms with Crippen LogP contribution in [0.15, 0.2) is 24.3 Å². The molecule has 1 heterocycles. The van der Waals surface area contributed by atoms with Crippen molar-refractivity contribution in [2.45, 2.75) is 38.8 Å².